The minimum absolute atomic E-state index is 0.231. The van der Waals surface area contributed by atoms with E-state index in [1.807, 2.05) is 0 Å². The molecule has 2 aromatic rings. The first-order chi connectivity index (χ1) is 12.6. The fourth-order valence-corrected chi connectivity index (χ4v) is 2.80. The third kappa shape index (κ3) is 5.41. The summed E-state index contributed by atoms with van der Waals surface area (Å²) in [6.07, 6.45) is -4.73. The van der Waals surface area contributed by atoms with E-state index in [4.69, 9.17) is 0 Å². The quantitative estimate of drug-likeness (QED) is 0.508. The Kier molecular flexibility index (Phi) is 6.00. The molecular formula is C15H13F3N4O4S. The molecule has 1 aromatic carbocycles. The molecule has 0 saturated carbocycles. The summed E-state index contributed by atoms with van der Waals surface area (Å²) in [7, 11) is 0. The standard InChI is InChI=1S/C15H13F3N4O4S/c1-8(23)19-7-10-3-5-13(27-10)14(24)21-20-11-4-2-9(15(16,17)18)6-12(11)22(25)26/h2-6,20H,7H2,1H3,(H,19,23)(H,21,24). The first-order valence-electron chi connectivity index (χ1n) is 7.33. The molecule has 0 aliphatic rings. The first kappa shape index (κ1) is 20.2. The second-order valence-corrected chi connectivity index (χ2v) is 6.41. The average Bonchev–Trinajstić information content (AvgIpc) is 3.05. The van der Waals surface area contributed by atoms with Gasteiger partial charge in [0, 0.05) is 17.9 Å². The first-order valence-corrected chi connectivity index (χ1v) is 8.14. The summed E-state index contributed by atoms with van der Waals surface area (Å²) < 4.78 is 38.0. The number of carbonyl (C=O) groups is 2. The van der Waals surface area contributed by atoms with Gasteiger partial charge >= 0.3 is 6.18 Å². The lowest BCUT2D eigenvalue weighted by Crippen LogP contribution is -2.29. The average molecular weight is 402 g/mol. The summed E-state index contributed by atoms with van der Waals surface area (Å²) in [5.41, 5.74) is 2.15. The molecule has 0 bridgehead atoms. The molecule has 1 aromatic heterocycles. The van der Waals surface area contributed by atoms with Gasteiger partial charge in [-0.15, -0.1) is 11.3 Å². The molecule has 12 heteroatoms. The lowest BCUT2D eigenvalue weighted by atomic mass is 10.1. The molecule has 0 atom stereocenters. The van der Waals surface area contributed by atoms with Crippen molar-refractivity contribution < 1.29 is 27.7 Å². The topological polar surface area (TPSA) is 113 Å². The van der Waals surface area contributed by atoms with Gasteiger partial charge in [0.05, 0.1) is 21.9 Å². The number of anilines is 1. The lowest BCUT2D eigenvalue weighted by Gasteiger charge is -2.11. The Bertz CT molecular complexity index is 882. The number of hydrogen-bond acceptors (Lipinski definition) is 6. The molecule has 8 nitrogen and oxygen atoms in total. The number of nitrogens with zero attached hydrogens (tertiary/aromatic N) is 1. The van der Waals surface area contributed by atoms with Crippen LogP contribution in [0.4, 0.5) is 24.5 Å². The Labute approximate surface area is 154 Å². The van der Waals surface area contributed by atoms with E-state index in [2.05, 4.69) is 16.2 Å². The third-order valence-corrected chi connectivity index (χ3v) is 4.31. The van der Waals surface area contributed by atoms with E-state index in [-0.39, 0.29) is 23.0 Å². The van der Waals surface area contributed by atoms with Crippen molar-refractivity contribution in [3.05, 3.63) is 55.8 Å². The zero-order valence-corrected chi connectivity index (χ0v) is 14.5. The van der Waals surface area contributed by atoms with E-state index in [0.29, 0.717) is 17.0 Å². The van der Waals surface area contributed by atoms with Crippen molar-refractivity contribution >= 4 is 34.5 Å². The van der Waals surface area contributed by atoms with Gasteiger partial charge in [0.15, 0.2) is 0 Å². The summed E-state index contributed by atoms with van der Waals surface area (Å²) in [4.78, 5) is 33.9. The molecule has 0 aliphatic carbocycles. The molecule has 0 aliphatic heterocycles. The number of nitrogens with one attached hydrogen (secondary N) is 3. The zero-order valence-electron chi connectivity index (χ0n) is 13.7. The predicted octanol–water partition coefficient (Wildman–Crippen LogP) is 3.07. The Morgan fingerprint density at radius 1 is 1.22 bits per heavy atom. The van der Waals surface area contributed by atoms with E-state index < -0.39 is 28.3 Å². The highest BCUT2D eigenvalue weighted by molar-refractivity contribution is 7.14. The zero-order chi connectivity index (χ0) is 20.2. The van der Waals surface area contributed by atoms with Gasteiger partial charge < -0.3 is 5.32 Å². The number of thiophene rings is 1. The Morgan fingerprint density at radius 2 is 1.93 bits per heavy atom. The maximum absolute atomic E-state index is 12.7. The van der Waals surface area contributed by atoms with Gasteiger partial charge in [-0.3, -0.25) is 30.6 Å². The van der Waals surface area contributed by atoms with Crippen LogP contribution in [0.2, 0.25) is 0 Å². The summed E-state index contributed by atoms with van der Waals surface area (Å²) in [6, 6.07) is 5.01. The van der Waals surface area contributed by atoms with E-state index in [1.54, 1.807) is 6.07 Å². The molecule has 3 N–H and O–H groups in total. The monoisotopic (exact) mass is 402 g/mol. The van der Waals surface area contributed by atoms with Crippen LogP contribution in [0, 0.1) is 10.1 Å². The smallest absolute Gasteiger partial charge is 0.351 e. The molecule has 0 fully saturated rings. The summed E-state index contributed by atoms with van der Waals surface area (Å²) in [6.45, 7) is 1.59. The van der Waals surface area contributed by atoms with Gasteiger partial charge in [0.1, 0.15) is 5.69 Å². The molecule has 27 heavy (non-hydrogen) atoms. The number of nitro benzene ring substituents is 1. The number of amides is 2. The summed E-state index contributed by atoms with van der Waals surface area (Å²) in [5, 5.41) is 13.6. The van der Waals surface area contributed by atoms with Crippen LogP contribution in [0.3, 0.4) is 0 Å². The van der Waals surface area contributed by atoms with E-state index in [1.165, 1.54) is 13.0 Å². The number of rotatable bonds is 6. The normalized spacial score (nSPS) is 11.0. The van der Waals surface area contributed by atoms with Crippen LogP contribution in [0.1, 0.15) is 27.0 Å². The largest absolute Gasteiger partial charge is 0.416 e. The Hall–Kier alpha value is -3.15. The van der Waals surface area contributed by atoms with Crippen LogP contribution in [-0.2, 0) is 17.5 Å². The van der Waals surface area contributed by atoms with Crippen molar-refractivity contribution in [2.75, 3.05) is 5.43 Å². The molecule has 1 heterocycles. The van der Waals surface area contributed by atoms with Crippen LogP contribution >= 0.6 is 11.3 Å². The van der Waals surface area contributed by atoms with Crippen molar-refractivity contribution in [3.8, 4) is 0 Å². The lowest BCUT2D eigenvalue weighted by molar-refractivity contribution is -0.384. The number of hydrazine groups is 1. The molecule has 0 radical (unpaired) electrons. The Morgan fingerprint density at radius 3 is 2.52 bits per heavy atom. The molecule has 0 saturated heterocycles. The number of nitro groups is 1. The maximum Gasteiger partial charge on any atom is 0.416 e. The molecule has 0 unspecified atom stereocenters. The van der Waals surface area contributed by atoms with Gasteiger partial charge in [-0.1, -0.05) is 0 Å². The van der Waals surface area contributed by atoms with Gasteiger partial charge in [-0.2, -0.15) is 13.2 Å². The van der Waals surface area contributed by atoms with Crippen LogP contribution in [0.25, 0.3) is 0 Å². The second kappa shape index (κ2) is 8.03. The minimum atomic E-state index is -4.73. The van der Waals surface area contributed by atoms with E-state index >= 15 is 0 Å². The van der Waals surface area contributed by atoms with E-state index in [0.717, 1.165) is 17.4 Å². The SMILES string of the molecule is CC(=O)NCc1ccc(C(=O)NNc2ccc(C(F)(F)F)cc2[N+](=O)[O-])s1. The fourth-order valence-electron chi connectivity index (χ4n) is 1.96. The van der Waals surface area contributed by atoms with Crippen molar-refractivity contribution in [2.24, 2.45) is 0 Å². The van der Waals surface area contributed by atoms with Gasteiger partial charge in [0.2, 0.25) is 5.91 Å². The van der Waals surface area contributed by atoms with Crippen molar-refractivity contribution in [3.63, 3.8) is 0 Å². The van der Waals surface area contributed by atoms with Gasteiger partial charge in [-0.05, 0) is 24.3 Å². The molecular weight excluding hydrogens is 389 g/mol. The van der Waals surface area contributed by atoms with Crippen LogP contribution in [-0.4, -0.2) is 16.7 Å². The number of alkyl halides is 3. The third-order valence-electron chi connectivity index (χ3n) is 3.23. The number of benzene rings is 1. The number of hydrogen-bond donors (Lipinski definition) is 3. The number of halogens is 3. The van der Waals surface area contributed by atoms with Gasteiger partial charge in [-0.25, -0.2) is 0 Å². The molecule has 0 spiro atoms. The van der Waals surface area contributed by atoms with Crippen molar-refractivity contribution in [1.29, 1.82) is 0 Å². The highest BCUT2D eigenvalue weighted by Gasteiger charge is 2.33. The predicted molar refractivity (Wildman–Crippen MR) is 91.0 cm³/mol. The maximum atomic E-state index is 12.7. The summed E-state index contributed by atoms with van der Waals surface area (Å²) >= 11 is 1.09. The molecule has 144 valence electrons. The van der Waals surface area contributed by atoms with E-state index in [9.17, 15) is 32.9 Å². The van der Waals surface area contributed by atoms with Crippen molar-refractivity contribution in [2.45, 2.75) is 19.6 Å². The van der Waals surface area contributed by atoms with Gasteiger partial charge in [0.25, 0.3) is 11.6 Å². The van der Waals surface area contributed by atoms with Crippen LogP contribution in [0.15, 0.2) is 30.3 Å². The van der Waals surface area contributed by atoms with Crippen LogP contribution < -0.4 is 16.2 Å². The highest BCUT2D eigenvalue weighted by atomic mass is 32.1. The molecule has 2 rings (SSSR count). The molecule has 2 amide bonds. The highest BCUT2D eigenvalue weighted by Crippen LogP contribution is 2.34. The minimum Gasteiger partial charge on any atom is -0.351 e. The Balaban J connectivity index is 2.08. The van der Waals surface area contributed by atoms with Crippen molar-refractivity contribution in [1.82, 2.24) is 10.7 Å². The second-order valence-electron chi connectivity index (χ2n) is 5.24. The van der Waals surface area contributed by atoms with Crippen LogP contribution in [0.5, 0.6) is 0 Å². The summed E-state index contributed by atoms with van der Waals surface area (Å²) in [5.74, 6) is -0.867. The number of carbonyl (C=O) groups excluding carboxylic acids is 2. The fraction of sp³-hybridized carbons (Fsp3) is 0.200.